The van der Waals surface area contributed by atoms with Gasteiger partial charge in [0, 0.05) is 11.8 Å². The molecule has 4 aromatic rings. The fourth-order valence-corrected chi connectivity index (χ4v) is 9.13. The number of carbonyl (C=O) groups excluding carboxylic acids is 2. The number of hydrogen-bond donors (Lipinski definition) is 2. The van der Waals surface area contributed by atoms with Gasteiger partial charge in [-0.25, -0.2) is 0 Å². The Bertz CT molecular complexity index is 1600. The molecule has 4 aromatic carbocycles. The molecule has 0 aromatic heterocycles. The molecule has 2 N–H and O–H groups in total. The molecular weight excluding hydrogens is 608 g/mol. The van der Waals surface area contributed by atoms with E-state index in [1.165, 1.54) is 44.5 Å². The third-order valence-electron chi connectivity index (χ3n) is 11.7. The van der Waals surface area contributed by atoms with Gasteiger partial charge in [-0.2, -0.15) is 0 Å². The smallest absolute Gasteiger partial charge is 0.323 e. The molecule has 0 spiro atoms. The summed E-state index contributed by atoms with van der Waals surface area (Å²) >= 11 is 0. The Balaban J connectivity index is 1.11. The summed E-state index contributed by atoms with van der Waals surface area (Å²) in [6, 6.07) is 33.6. The summed E-state index contributed by atoms with van der Waals surface area (Å²) in [5.74, 6) is -0.496. The first-order valence-electron chi connectivity index (χ1n) is 18.2. The van der Waals surface area contributed by atoms with E-state index < -0.39 is 17.4 Å². The molecule has 0 atom stereocenters. The van der Waals surface area contributed by atoms with Crippen molar-refractivity contribution in [2.45, 2.75) is 50.4 Å². The van der Waals surface area contributed by atoms with Gasteiger partial charge in [0.2, 0.25) is 0 Å². The molecule has 2 aliphatic carbocycles. The Morgan fingerprint density at radius 3 is 1.14 bits per heavy atom. The van der Waals surface area contributed by atoms with Crippen molar-refractivity contribution in [2.75, 3.05) is 39.4 Å². The Labute approximate surface area is 289 Å². The maximum absolute atomic E-state index is 14.9. The van der Waals surface area contributed by atoms with Gasteiger partial charge in [0.1, 0.15) is 13.2 Å². The minimum absolute atomic E-state index is 0.0747. The van der Waals surface area contributed by atoms with Gasteiger partial charge in [-0.15, -0.1) is 0 Å². The van der Waals surface area contributed by atoms with Crippen molar-refractivity contribution in [2.24, 2.45) is 17.3 Å². The zero-order valence-electron chi connectivity index (χ0n) is 28.2. The molecule has 8 rings (SSSR count). The topological polar surface area (TPSA) is 76.7 Å². The van der Waals surface area contributed by atoms with E-state index in [0.29, 0.717) is 12.8 Å². The number of piperidine rings is 2. The lowest BCUT2D eigenvalue weighted by atomic mass is 9.69. The maximum atomic E-state index is 14.9. The van der Waals surface area contributed by atoms with Crippen LogP contribution >= 0.6 is 0 Å². The summed E-state index contributed by atoms with van der Waals surface area (Å²) in [7, 11) is 0. The Kier molecular flexibility index (Phi) is 9.09. The van der Waals surface area contributed by atoms with Crippen LogP contribution in [0, 0.1) is 17.3 Å². The number of carbonyl (C=O) groups is 2. The van der Waals surface area contributed by atoms with E-state index in [-0.39, 0.29) is 36.9 Å². The molecule has 2 aliphatic heterocycles. The van der Waals surface area contributed by atoms with Crippen LogP contribution in [0.1, 0.15) is 72.6 Å². The molecule has 0 bridgehead atoms. The van der Waals surface area contributed by atoms with Gasteiger partial charge in [-0.05, 0) is 121 Å². The zero-order valence-corrected chi connectivity index (χ0v) is 28.2. The number of rotatable bonds is 10. The molecule has 252 valence electrons. The molecule has 2 saturated heterocycles. The van der Waals surface area contributed by atoms with Gasteiger partial charge in [-0.3, -0.25) is 9.59 Å². The van der Waals surface area contributed by atoms with Crippen molar-refractivity contribution in [3.8, 4) is 22.3 Å². The van der Waals surface area contributed by atoms with Gasteiger partial charge in [0.15, 0.2) is 5.41 Å². The highest BCUT2D eigenvalue weighted by atomic mass is 16.6. The third-order valence-corrected chi connectivity index (χ3v) is 11.7. The second-order valence-corrected chi connectivity index (χ2v) is 14.5. The van der Waals surface area contributed by atoms with E-state index in [9.17, 15) is 9.59 Å². The van der Waals surface area contributed by atoms with Crippen molar-refractivity contribution < 1.29 is 19.1 Å². The molecule has 0 amide bonds. The molecule has 4 aliphatic rings. The van der Waals surface area contributed by atoms with Crippen molar-refractivity contribution in [1.82, 2.24) is 10.6 Å². The highest BCUT2D eigenvalue weighted by molar-refractivity contribution is 6.00. The number of ether oxygens (including phenoxy) is 2. The normalized spacial score (nSPS) is 18.0. The molecule has 0 radical (unpaired) electrons. The maximum Gasteiger partial charge on any atom is 0.323 e. The predicted octanol–water partition coefficient (Wildman–Crippen LogP) is 7.46. The summed E-state index contributed by atoms with van der Waals surface area (Å²) in [4.78, 5) is 29.7. The molecule has 0 unspecified atom stereocenters. The summed E-state index contributed by atoms with van der Waals surface area (Å²) in [6.07, 6.45) is 4.66. The average Bonchev–Trinajstić information content (AvgIpc) is 3.65. The van der Waals surface area contributed by atoms with Crippen LogP contribution in [0.2, 0.25) is 0 Å². The first-order chi connectivity index (χ1) is 24.1. The van der Waals surface area contributed by atoms with Crippen molar-refractivity contribution >= 4 is 11.9 Å². The summed E-state index contributed by atoms with van der Waals surface area (Å²) in [5.41, 5.74) is 8.05. The Morgan fingerprint density at radius 2 is 0.816 bits per heavy atom. The Hall–Kier alpha value is -4.26. The molecule has 6 heteroatoms. The lowest BCUT2D eigenvalue weighted by Crippen LogP contribution is -2.47. The molecule has 6 nitrogen and oxygen atoms in total. The highest BCUT2D eigenvalue weighted by Crippen LogP contribution is 2.48. The molecular formula is C43H46N2O4. The lowest BCUT2D eigenvalue weighted by Gasteiger charge is -2.38. The highest BCUT2D eigenvalue weighted by Gasteiger charge is 2.52. The molecule has 2 heterocycles. The minimum Gasteiger partial charge on any atom is -0.464 e. The van der Waals surface area contributed by atoms with Crippen LogP contribution < -0.4 is 10.6 Å². The number of nitrogens with one attached hydrogen (secondary N) is 2. The zero-order chi connectivity index (χ0) is 33.2. The molecule has 49 heavy (non-hydrogen) atoms. The summed E-state index contributed by atoms with van der Waals surface area (Å²) < 4.78 is 12.8. The van der Waals surface area contributed by atoms with Crippen LogP contribution in [0.5, 0.6) is 0 Å². The largest absolute Gasteiger partial charge is 0.464 e. The average molecular weight is 655 g/mol. The third kappa shape index (κ3) is 6.10. The van der Waals surface area contributed by atoms with Crippen molar-refractivity contribution in [3.05, 3.63) is 119 Å². The number of benzene rings is 4. The van der Waals surface area contributed by atoms with Crippen LogP contribution in [0.3, 0.4) is 0 Å². The van der Waals surface area contributed by atoms with Crippen LogP contribution in [0.4, 0.5) is 0 Å². The number of fused-ring (bicyclic) bond motifs is 6. The first kappa shape index (κ1) is 32.0. The van der Waals surface area contributed by atoms with E-state index in [2.05, 4.69) is 108 Å². The predicted molar refractivity (Wildman–Crippen MR) is 192 cm³/mol. The SMILES string of the molecule is O=C(OCC1c2ccccc2-c2ccccc21)C(CC1CCNCC1)(CC1CCNCC1)C(=O)OCC1c2ccccc2-c2ccccc21. The van der Waals surface area contributed by atoms with E-state index in [1.807, 2.05) is 0 Å². The number of esters is 2. The van der Waals surface area contributed by atoms with Gasteiger partial charge >= 0.3 is 11.9 Å². The van der Waals surface area contributed by atoms with Gasteiger partial charge < -0.3 is 20.1 Å². The van der Waals surface area contributed by atoms with Crippen molar-refractivity contribution in [1.29, 1.82) is 0 Å². The second kappa shape index (κ2) is 13.9. The summed E-state index contributed by atoms with van der Waals surface area (Å²) in [5, 5.41) is 6.92. The fourth-order valence-electron chi connectivity index (χ4n) is 9.13. The Morgan fingerprint density at radius 1 is 0.510 bits per heavy atom. The molecule has 0 saturated carbocycles. The van der Waals surface area contributed by atoms with E-state index in [1.54, 1.807) is 0 Å². The van der Waals surface area contributed by atoms with E-state index in [0.717, 1.165) is 51.9 Å². The lowest BCUT2D eigenvalue weighted by molar-refractivity contribution is -0.176. The standard InChI is InChI=1S/C43H46N2O4/c46-41(48-27-39-35-13-5-1-9-31(35)32-10-2-6-14-36(32)39)43(25-29-17-21-44-22-18-29,26-30-19-23-45-24-20-30)42(47)49-28-40-37-15-7-3-11-33(37)34-12-4-8-16-38(34)40/h1-16,29-30,39-40,44-45H,17-28H2. The van der Waals surface area contributed by atoms with Gasteiger partial charge in [-0.1, -0.05) is 97.1 Å². The van der Waals surface area contributed by atoms with Crippen molar-refractivity contribution in [3.63, 3.8) is 0 Å². The van der Waals surface area contributed by atoms with Crippen LogP contribution in [0.15, 0.2) is 97.1 Å². The number of hydrogen-bond acceptors (Lipinski definition) is 6. The van der Waals surface area contributed by atoms with Crippen LogP contribution in [0.25, 0.3) is 22.3 Å². The van der Waals surface area contributed by atoms with Crippen LogP contribution in [-0.4, -0.2) is 51.3 Å². The van der Waals surface area contributed by atoms with E-state index >= 15 is 0 Å². The molecule has 2 fully saturated rings. The minimum atomic E-state index is -1.36. The second-order valence-electron chi connectivity index (χ2n) is 14.5. The monoisotopic (exact) mass is 654 g/mol. The van der Waals surface area contributed by atoms with Gasteiger partial charge in [0.25, 0.3) is 0 Å². The quantitative estimate of drug-likeness (QED) is 0.137. The fraction of sp³-hybridized carbons (Fsp3) is 0.395. The van der Waals surface area contributed by atoms with Gasteiger partial charge in [0.05, 0.1) is 0 Å². The van der Waals surface area contributed by atoms with Crippen LogP contribution in [-0.2, 0) is 19.1 Å². The first-order valence-corrected chi connectivity index (χ1v) is 18.2. The summed E-state index contributed by atoms with van der Waals surface area (Å²) in [6.45, 7) is 3.97. The van der Waals surface area contributed by atoms with E-state index in [4.69, 9.17) is 9.47 Å².